The molecule has 86 valence electrons. The first-order valence-corrected chi connectivity index (χ1v) is 5.27. The highest BCUT2D eigenvalue weighted by atomic mass is 16.5. The molecule has 0 aliphatic heterocycles. The van der Waals surface area contributed by atoms with Crippen molar-refractivity contribution in [2.24, 2.45) is 11.7 Å². The Kier molecular flexibility index (Phi) is 5.20. The molecule has 0 atom stereocenters. The Bertz CT molecular complexity index is 273. The topological polar surface area (TPSA) is 78.8 Å². The van der Waals surface area contributed by atoms with Gasteiger partial charge in [-0.1, -0.05) is 13.8 Å². The molecule has 6 heteroatoms. The SMILES string of the molecule is CC(C)CCOCCn1nnnc1CN. The van der Waals surface area contributed by atoms with Crippen molar-refractivity contribution in [1.29, 1.82) is 0 Å². The van der Waals surface area contributed by atoms with Gasteiger partial charge in [0.2, 0.25) is 0 Å². The summed E-state index contributed by atoms with van der Waals surface area (Å²) in [6.45, 7) is 6.80. The van der Waals surface area contributed by atoms with Crippen molar-refractivity contribution < 1.29 is 4.74 Å². The van der Waals surface area contributed by atoms with Crippen molar-refractivity contribution in [2.75, 3.05) is 13.2 Å². The number of nitrogens with zero attached hydrogens (tertiary/aromatic N) is 4. The third-order valence-electron chi connectivity index (χ3n) is 2.08. The van der Waals surface area contributed by atoms with Gasteiger partial charge in [-0.15, -0.1) is 5.10 Å². The minimum absolute atomic E-state index is 0.360. The first-order valence-electron chi connectivity index (χ1n) is 5.27. The first kappa shape index (κ1) is 12.1. The first-order chi connectivity index (χ1) is 7.24. The van der Waals surface area contributed by atoms with E-state index in [9.17, 15) is 0 Å². The lowest BCUT2D eigenvalue weighted by atomic mass is 10.1. The van der Waals surface area contributed by atoms with Crippen molar-refractivity contribution in [3.63, 3.8) is 0 Å². The fourth-order valence-corrected chi connectivity index (χ4v) is 1.12. The number of rotatable bonds is 7. The normalized spacial score (nSPS) is 11.2. The highest BCUT2D eigenvalue weighted by Gasteiger charge is 2.02. The summed E-state index contributed by atoms with van der Waals surface area (Å²) >= 11 is 0. The monoisotopic (exact) mass is 213 g/mol. The maximum Gasteiger partial charge on any atom is 0.164 e. The van der Waals surface area contributed by atoms with Crippen molar-refractivity contribution >= 4 is 0 Å². The second-order valence-corrected chi connectivity index (χ2v) is 3.82. The lowest BCUT2D eigenvalue weighted by Gasteiger charge is -2.06. The maximum atomic E-state index is 5.46. The van der Waals surface area contributed by atoms with E-state index in [1.165, 1.54) is 0 Å². The summed E-state index contributed by atoms with van der Waals surface area (Å²) in [7, 11) is 0. The summed E-state index contributed by atoms with van der Waals surface area (Å²) in [6, 6.07) is 0. The Morgan fingerprint density at radius 1 is 1.40 bits per heavy atom. The van der Waals surface area contributed by atoms with Crippen LogP contribution < -0.4 is 5.73 Å². The summed E-state index contributed by atoms with van der Waals surface area (Å²) in [5.74, 6) is 1.38. The smallest absolute Gasteiger partial charge is 0.164 e. The number of tetrazole rings is 1. The largest absolute Gasteiger partial charge is 0.380 e. The molecular weight excluding hydrogens is 194 g/mol. The summed E-state index contributed by atoms with van der Waals surface area (Å²) in [5, 5.41) is 11.1. The van der Waals surface area contributed by atoms with Crippen LogP contribution in [0.2, 0.25) is 0 Å². The van der Waals surface area contributed by atoms with E-state index in [-0.39, 0.29) is 0 Å². The van der Waals surface area contributed by atoms with Crippen LogP contribution in [0.25, 0.3) is 0 Å². The molecular formula is C9H19N5O. The van der Waals surface area contributed by atoms with Crippen LogP contribution in [0.5, 0.6) is 0 Å². The summed E-state index contributed by atoms with van der Waals surface area (Å²) in [6.07, 6.45) is 1.08. The molecule has 1 rings (SSSR count). The van der Waals surface area contributed by atoms with E-state index in [0.717, 1.165) is 13.0 Å². The molecule has 0 fully saturated rings. The van der Waals surface area contributed by atoms with Crippen molar-refractivity contribution in [2.45, 2.75) is 33.4 Å². The zero-order valence-electron chi connectivity index (χ0n) is 9.39. The predicted molar refractivity (Wildman–Crippen MR) is 56.0 cm³/mol. The fraction of sp³-hybridized carbons (Fsp3) is 0.889. The van der Waals surface area contributed by atoms with E-state index in [4.69, 9.17) is 10.5 Å². The Hall–Kier alpha value is -1.01. The van der Waals surface area contributed by atoms with Crippen LogP contribution in [0, 0.1) is 5.92 Å². The molecule has 1 aromatic heterocycles. The molecule has 0 saturated heterocycles. The van der Waals surface area contributed by atoms with Gasteiger partial charge in [-0.05, 0) is 22.8 Å². The summed E-state index contributed by atoms with van der Waals surface area (Å²) in [5.41, 5.74) is 5.46. The zero-order chi connectivity index (χ0) is 11.1. The molecule has 6 nitrogen and oxygen atoms in total. The van der Waals surface area contributed by atoms with E-state index in [1.807, 2.05) is 0 Å². The van der Waals surface area contributed by atoms with Crippen molar-refractivity contribution in [3.8, 4) is 0 Å². The quantitative estimate of drug-likeness (QED) is 0.654. The van der Waals surface area contributed by atoms with Crippen LogP contribution in [0.15, 0.2) is 0 Å². The zero-order valence-corrected chi connectivity index (χ0v) is 9.39. The fourth-order valence-electron chi connectivity index (χ4n) is 1.12. The van der Waals surface area contributed by atoms with Crippen LogP contribution in [-0.4, -0.2) is 33.4 Å². The Morgan fingerprint density at radius 2 is 2.20 bits per heavy atom. The minimum Gasteiger partial charge on any atom is -0.380 e. The molecule has 15 heavy (non-hydrogen) atoms. The average molecular weight is 213 g/mol. The lowest BCUT2D eigenvalue weighted by Crippen LogP contribution is -2.14. The molecule has 0 aromatic carbocycles. The van der Waals surface area contributed by atoms with Crippen LogP contribution in [0.4, 0.5) is 0 Å². The van der Waals surface area contributed by atoms with Gasteiger partial charge >= 0.3 is 0 Å². The number of ether oxygens (including phenoxy) is 1. The number of hydrogen-bond donors (Lipinski definition) is 1. The molecule has 0 spiro atoms. The maximum absolute atomic E-state index is 5.46. The Balaban J connectivity index is 2.15. The Morgan fingerprint density at radius 3 is 2.87 bits per heavy atom. The van der Waals surface area contributed by atoms with Gasteiger partial charge in [0.25, 0.3) is 0 Å². The van der Waals surface area contributed by atoms with Crippen LogP contribution in [-0.2, 0) is 17.8 Å². The van der Waals surface area contributed by atoms with Gasteiger partial charge in [-0.3, -0.25) is 0 Å². The standard InChI is InChI=1S/C9H19N5O/c1-8(2)3-5-15-6-4-14-9(7-10)11-12-13-14/h8H,3-7,10H2,1-2H3. The van der Waals surface area contributed by atoms with Gasteiger partial charge in [0.05, 0.1) is 19.7 Å². The number of hydrogen-bond acceptors (Lipinski definition) is 5. The van der Waals surface area contributed by atoms with Gasteiger partial charge in [0.15, 0.2) is 5.82 Å². The van der Waals surface area contributed by atoms with Gasteiger partial charge in [0.1, 0.15) is 0 Å². The van der Waals surface area contributed by atoms with Gasteiger partial charge < -0.3 is 10.5 Å². The Labute approximate surface area is 89.8 Å². The molecule has 0 aliphatic carbocycles. The molecule has 2 N–H and O–H groups in total. The third kappa shape index (κ3) is 4.35. The molecule has 1 heterocycles. The van der Waals surface area contributed by atoms with E-state index < -0.39 is 0 Å². The molecule has 0 bridgehead atoms. The van der Waals surface area contributed by atoms with Gasteiger partial charge in [-0.25, -0.2) is 4.68 Å². The summed E-state index contributed by atoms with van der Waals surface area (Å²) < 4.78 is 7.14. The average Bonchev–Trinajstić information content (AvgIpc) is 2.64. The van der Waals surface area contributed by atoms with Crippen LogP contribution >= 0.6 is 0 Å². The summed E-state index contributed by atoms with van der Waals surface area (Å²) in [4.78, 5) is 0. The lowest BCUT2D eigenvalue weighted by molar-refractivity contribution is 0.113. The van der Waals surface area contributed by atoms with Crippen LogP contribution in [0.3, 0.4) is 0 Å². The molecule has 0 amide bonds. The van der Waals surface area contributed by atoms with E-state index >= 15 is 0 Å². The molecule has 0 aliphatic rings. The van der Waals surface area contributed by atoms with Crippen molar-refractivity contribution in [3.05, 3.63) is 5.82 Å². The van der Waals surface area contributed by atoms with Gasteiger partial charge in [0, 0.05) is 6.61 Å². The van der Waals surface area contributed by atoms with Gasteiger partial charge in [-0.2, -0.15) is 0 Å². The minimum atomic E-state index is 0.360. The highest BCUT2D eigenvalue weighted by molar-refractivity contribution is 4.77. The third-order valence-corrected chi connectivity index (χ3v) is 2.08. The second kappa shape index (κ2) is 6.47. The number of aromatic nitrogens is 4. The highest BCUT2D eigenvalue weighted by Crippen LogP contribution is 1.99. The molecule has 0 radical (unpaired) electrons. The molecule has 0 unspecified atom stereocenters. The second-order valence-electron chi connectivity index (χ2n) is 3.82. The molecule has 1 aromatic rings. The number of nitrogens with two attached hydrogens (primary N) is 1. The van der Waals surface area contributed by atoms with Crippen molar-refractivity contribution in [1.82, 2.24) is 20.2 Å². The van der Waals surface area contributed by atoms with E-state index in [1.54, 1.807) is 4.68 Å². The predicted octanol–water partition coefficient (Wildman–Crippen LogP) is 0.195. The molecule has 0 saturated carbocycles. The van der Waals surface area contributed by atoms with E-state index in [0.29, 0.717) is 31.4 Å². The van der Waals surface area contributed by atoms with Crippen LogP contribution in [0.1, 0.15) is 26.1 Å². The van der Waals surface area contributed by atoms with E-state index in [2.05, 4.69) is 29.4 Å².